The Kier molecular flexibility index (Phi) is 6.28. The van der Waals surface area contributed by atoms with Crippen LogP contribution in [-0.4, -0.2) is 71.6 Å². The maximum atomic E-state index is 6.09. The van der Waals surface area contributed by atoms with Gasteiger partial charge in [0.1, 0.15) is 0 Å². The molecule has 2 aliphatic heterocycles. The number of rotatable bonds is 6. The van der Waals surface area contributed by atoms with Crippen LogP contribution in [0.15, 0.2) is 18.5 Å². The summed E-state index contributed by atoms with van der Waals surface area (Å²) in [6.07, 6.45) is 10.8. The fourth-order valence-corrected chi connectivity index (χ4v) is 3.60. The largest absolute Gasteiger partial charge is 0.376 e. The molecule has 3 rings (SSSR count). The van der Waals surface area contributed by atoms with Crippen LogP contribution >= 0.6 is 0 Å². The molecule has 0 amide bonds. The number of hydrogen-bond acceptors (Lipinski definition) is 4. The summed E-state index contributed by atoms with van der Waals surface area (Å²) >= 11 is 0. The fraction of sp³-hybridized carbons (Fsp3) is 0.824. The second kappa shape index (κ2) is 8.65. The van der Waals surface area contributed by atoms with Crippen molar-refractivity contribution in [3.05, 3.63) is 18.5 Å². The van der Waals surface area contributed by atoms with E-state index in [1.165, 1.54) is 38.9 Å². The maximum Gasteiger partial charge on any atom is 0.0828 e. The smallest absolute Gasteiger partial charge is 0.0828 e. The number of piperidine rings is 1. The molecular weight excluding hydrogens is 276 g/mol. The highest BCUT2D eigenvalue weighted by molar-refractivity contribution is 4.78. The Morgan fingerprint density at radius 3 is 2.68 bits per heavy atom. The first kappa shape index (κ1) is 16.0. The zero-order valence-corrected chi connectivity index (χ0v) is 13.7. The van der Waals surface area contributed by atoms with Gasteiger partial charge in [0.15, 0.2) is 0 Å². The van der Waals surface area contributed by atoms with E-state index in [1.807, 2.05) is 23.1 Å². The molecule has 2 fully saturated rings. The van der Waals surface area contributed by atoms with Crippen LogP contribution in [-0.2, 0) is 11.3 Å². The van der Waals surface area contributed by atoms with Crippen molar-refractivity contribution < 1.29 is 4.74 Å². The SMILES string of the molecule is c1cnn(CCCN2CCCO[C@H](CN3CCCCC3)C2)c1. The molecule has 0 aliphatic carbocycles. The van der Waals surface area contributed by atoms with Gasteiger partial charge in [-0.25, -0.2) is 0 Å². The number of aromatic nitrogens is 2. The van der Waals surface area contributed by atoms with Gasteiger partial charge in [0.2, 0.25) is 0 Å². The third-order valence-electron chi connectivity index (χ3n) is 4.77. The van der Waals surface area contributed by atoms with Gasteiger partial charge in [-0.3, -0.25) is 4.68 Å². The number of nitrogens with zero attached hydrogens (tertiary/aromatic N) is 4. The molecule has 3 heterocycles. The predicted octanol–water partition coefficient (Wildman–Crippen LogP) is 1.85. The van der Waals surface area contributed by atoms with Crippen molar-refractivity contribution in [1.29, 1.82) is 0 Å². The summed E-state index contributed by atoms with van der Waals surface area (Å²) < 4.78 is 8.11. The Morgan fingerprint density at radius 2 is 1.86 bits per heavy atom. The van der Waals surface area contributed by atoms with Gasteiger partial charge in [0, 0.05) is 51.7 Å². The quantitative estimate of drug-likeness (QED) is 0.803. The Labute approximate surface area is 134 Å². The van der Waals surface area contributed by atoms with E-state index in [-0.39, 0.29) is 0 Å². The van der Waals surface area contributed by atoms with Crippen LogP contribution < -0.4 is 0 Å². The lowest BCUT2D eigenvalue weighted by molar-refractivity contribution is 0.0222. The van der Waals surface area contributed by atoms with Gasteiger partial charge >= 0.3 is 0 Å². The summed E-state index contributed by atoms with van der Waals surface area (Å²) in [5, 5.41) is 4.28. The van der Waals surface area contributed by atoms with Gasteiger partial charge in [0.25, 0.3) is 0 Å². The van der Waals surface area contributed by atoms with E-state index in [2.05, 4.69) is 14.9 Å². The van der Waals surface area contributed by atoms with Crippen molar-refractivity contribution in [2.45, 2.75) is 44.8 Å². The van der Waals surface area contributed by atoms with E-state index in [1.54, 1.807) is 0 Å². The minimum absolute atomic E-state index is 0.394. The minimum Gasteiger partial charge on any atom is -0.376 e. The summed E-state index contributed by atoms with van der Waals surface area (Å²) in [5.74, 6) is 0. The van der Waals surface area contributed by atoms with Crippen molar-refractivity contribution in [2.24, 2.45) is 0 Å². The van der Waals surface area contributed by atoms with Gasteiger partial charge in [-0.1, -0.05) is 6.42 Å². The molecule has 0 radical (unpaired) electrons. The lowest BCUT2D eigenvalue weighted by atomic mass is 10.1. The van der Waals surface area contributed by atoms with Gasteiger partial charge < -0.3 is 14.5 Å². The molecule has 0 spiro atoms. The first-order valence-corrected chi connectivity index (χ1v) is 8.94. The molecule has 0 bridgehead atoms. The molecule has 5 nitrogen and oxygen atoms in total. The van der Waals surface area contributed by atoms with Crippen LogP contribution in [0.5, 0.6) is 0 Å². The molecule has 2 saturated heterocycles. The highest BCUT2D eigenvalue weighted by Gasteiger charge is 2.21. The van der Waals surface area contributed by atoms with E-state index in [9.17, 15) is 0 Å². The maximum absolute atomic E-state index is 6.09. The molecule has 0 aromatic carbocycles. The lowest BCUT2D eigenvalue weighted by Crippen LogP contribution is -2.42. The standard InChI is InChI=1S/C17H30N4O/c1-2-8-19(9-3-1)15-17-16-20(11-6-14-22-17)10-5-13-21-12-4-7-18-21/h4,7,12,17H,1-3,5-6,8-11,13-16H2/t17-/m1/s1. The number of hydrogen-bond donors (Lipinski definition) is 0. The molecule has 1 aromatic heterocycles. The summed E-state index contributed by atoms with van der Waals surface area (Å²) in [7, 11) is 0. The van der Waals surface area contributed by atoms with Crippen LogP contribution in [0, 0.1) is 0 Å². The molecule has 5 heteroatoms. The van der Waals surface area contributed by atoms with E-state index in [0.29, 0.717) is 6.10 Å². The molecule has 1 aromatic rings. The van der Waals surface area contributed by atoms with Crippen molar-refractivity contribution in [2.75, 3.05) is 45.9 Å². The molecule has 0 N–H and O–H groups in total. The number of likely N-dealkylation sites (tertiary alicyclic amines) is 1. The third kappa shape index (κ3) is 5.07. The van der Waals surface area contributed by atoms with Crippen LogP contribution in [0.4, 0.5) is 0 Å². The Balaban J connectivity index is 1.40. The summed E-state index contributed by atoms with van der Waals surface area (Å²) in [6, 6.07) is 1.99. The molecule has 2 aliphatic rings. The first-order valence-electron chi connectivity index (χ1n) is 8.94. The average Bonchev–Trinajstić information content (AvgIpc) is 2.96. The van der Waals surface area contributed by atoms with Gasteiger partial charge in [-0.05, 0) is 44.8 Å². The van der Waals surface area contributed by atoms with Crippen molar-refractivity contribution in [3.8, 4) is 0 Å². The number of ether oxygens (including phenoxy) is 1. The molecule has 0 saturated carbocycles. The minimum atomic E-state index is 0.394. The number of aryl methyl sites for hydroxylation is 1. The van der Waals surface area contributed by atoms with E-state index in [0.717, 1.165) is 45.6 Å². The average molecular weight is 306 g/mol. The van der Waals surface area contributed by atoms with E-state index < -0.39 is 0 Å². The van der Waals surface area contributed by atoms with Gasteiger partial charge in [0.05, 0.1) is 6.10 Å². The molecular formula is C17H30N4O. The topological polar surface area (TPSA) is 33.5 Å². The summed E-state index contributed by atoms with van der Waals surface area (Å²) in [5.41, 5.74) is 0. The van der Waals surface area contributed by atoms with E-state index in [4.69, 9.17) is 4.74 Å². The Morgan fingerprint density at radius 1 is 1.00 bits per heavy atom. The van der Waals surface area contributed by atoms with E-state index >= 15 is 0 Å². The summed E-state index contributed by atoms with van der Waals surface area (Å²) in [6.45, 7) is 9.01. The zero-order valence-electron chi connectivity index (χ0n) is 13.7. The lowest BCUT2D eigenvalue weighted by Gasteiger charge is -2.31. The van der Waals surface area contributed by atoms with Crippen LogP contribution in [0.25, 0.3) is 0 Å². The second-order valence-corrected chi connectivity index (χ2v) is 6.63. The Bertz CT molecular complexity index is 403. The van der Waals surface area contributed by atoms with Gasteiger partial charge in [-0.2, -0.15) is 5.10 Å². The van der Waals surface area contributed by atoms with Crippen LogP contribution in [0.3, 0.4) is 0 Å². The fourth-order valence-electron chi connectivity index (χ4n) is 3.60. The van der Waals surface area contributed by atoms with Crippen LogP contribution in [0.1, 0.15) is 32.1 Å². The van der Waals surface area contributed by atoms with Crippen molar-refractivity contribution in [3.63, 3.8) is 0 Å². The van der Waals surface area contributed by atoms with Crippen LogP contribution in [0.2, 0.25) is 0 Å². The van der Waals surface area contributed by atoms with Gasteiger partial charge in [-0.15, -0.1) is 0 Å². The zero-order chi connectivity index (χ0) is 15.0. The molecule has 124 valence electrons. The third-order valence-corrected chi connectivity index (χ3v) is 4.77. The van der Waals surface area contributed by atoms with Crippen molar-refractivity contribution in [1.82, 2.24) is 19.6 Å². The summed E-state index contributed by atoms with van der Waals surface area (Å²) in [4.78, 5) is 5.19. The Hall–Kier alpha value is -0.910. The first-order chi connectivity index (χ1) is 10.9. The van der Waals surface area contributed by atoms with Crippen molar-refractivity contribution >= 4 is 0 Å². The predicted molar refractivity (Wildman–Crippen MR) is 87.9 cm³/mol. The molecule has 22 heavy (non-hydrogen) atoms. The highest BCUT2D eigenvalue weighted by Crippen LogP contribution is 2.13. The normalized spacial score (nSPS) is 25.2. The highest BCUT2D eigenvalue weighted by atomic mass is 16.5. The molecule has 0 unspecified atom stereocenters. The second-order valence-electron chi connectivity index (χ2n) is 6.63. The monoisotopic (exact) mass is 306 g/mol. The molecule has 1 atom stereocenters.